The second kappa shape index (κ2) is 6.04. The van der Waals surface area contributed by atoms with Gasteiger partial charge in [0.2, 0.25) is 0 Å². The Balaban J connectivity index is 2.00. The fourth-order valence-electron chi connectivity index (χ4n) is 2.37. The fraction of sp³-hybridized carbons (Fsp3) is 0.571. The summed E-state index contributed by atoms with van der Waals surface area (Å²) in [5, 5.41) is 3.52. The van der Waals surface area contributed by atoms with Gasteiger partial charge in [0.05, 0.1) is 12.1 Å². The summed E-state index contributed by atoms with van der Waals surface area (Å²) in [6.45, 7) is 4.85. The molecule has 1 saturated carbocycles. The lowest BCUT2D eigenvalue weighted by Crippen LogP contribution is -2.56. The predicted octanol–water partition coefficient (Wildman–Crippen LogP) is 3.36. The summed E-state index contributed by atoms with van der Waals surface area (Å²) >= 11 is 3.57. The Bertz CT molecular complexity index is 411. The third-order valence-corrected chi connectivity index (χ3v) is 4.06. The molecule has 0 heterocycles. The first-order valence-corrected chi connectivity index (χ1v) is 7.12. The van der Waals surface area contributed by atoms with Crippen LogP contribution in [0.5, 0.6) is 0 Å². The Hall–Kier alpha value is -0.580. The first kappa shape index (κ1) is 13.8. The lowest BCUT2D eigenvalue weighted by atomic mass is 9.85. The maximum Gasteiger partial charge on any atom is 0.103 e. The number of anilines is 1. The van der Waals surface area contributed by atoms with E-state index in [1.54, 1.807) is 7.11 Å². The number of nitrogens with one attached hydrogen (secondary N) is 1. The van der Waals surface area contributed by atoms with Crippen LogP contribution in [0.15, 0.2) is 22.7 Å². The van der Waals surface area contributed by atoms with Crippen LogP contribution in [-0.2, 0) is 9.47 Å². The third-order valence-electron chi connectivity index (χ3n) is 3.36. The highest BCUT2D eigenvalue weighted by atomic mass is 79.9. The van der Waals surface area contributed by atoms with Gasteiger partial charge in [0.25, 0.3) is 0 Å². The normalized spacial score (nSPS) is 26.8. The molecule has 1 N–H and O–H groups in total. The molecule has 100 valence electrons. The van der Waals surface area contributed by atoms with E-state index in [0.717, 1.165) is 23.2 Å². The Labute approximate surface area is 117 Å². The number of methoxy groups -OCH3 is 1. The van der Waals surface area contributed by atoms with Gasteiger partial charge >= 0.3 is 0 Å². The maximum atomic E-state index is 5.63. The molecular formula is C14H20BrNO2. The molecule has 1 aliphatic rings. The fourth-order valence-corrected chi connectivity index (χ4v) is 2.73. The van der Waals surface area contributed by atoms with E-state index in [2.05, 4.69) is 46.4 Å². The summed E-state index contributed by atoms with van der Waals surface area (Å²) < 4.78 is 12.2. The topological polar surface area (TPSA) is 30.5 Å². The van der Waals surface area contributed by atoms with E-state index in [9.17, 15) is 0 Å². The van der Waals surface area contributed by atoms with Crippen LogP contribution in [-0.4, -0.2) is 32.0 Å². The molecule has 0 aliphatic heterocycles. The zero-order valence-corrected chi connectivity index (χ0v) is 12.7. The summed E-state index contributed by atoms with van der Waals surface area (Å²) in [5.74, 6) is 0. The molecule has 1 aromatic rings. The molecular weight excluding hydrogens is 294 g/mol. The minimum absolute atomic E-state index is 0.136. The smallest absolute Gasteiger partial charge is 0.103 e. The van der Waals surface area contributed by atoms with Gasteiger partial charge in [-0.3, -0.25) is 0 Å². The van der Waals surface area contributed by atoms with Crippen molar-refractivity contribution in [2.45, 2.75) is 38.5 Å². The van der Waals surface area contributed by atoms with Crippen molar-refractivity contribution in [3.63, 3.8) is 0 Å². The second-order valence-electron chi connectivity index (χ2n) is 4.66. The van der Waals surface area contributed by atoms with Crippen molar-refractivity contribution in [3.05, 3.63) is 28.2 Å². The van der Waals surface area contributed by atoms with E-state index >= 15 is 0 Å². The average molecular weight is 314 g/mol. The first-order chi connectivity index (χ1) is 8.65. The van der Waals surface area contributed by atoms with Gasteiger partial charge in [0.1, 0.15) is 6.10 Å². The number of hydrogen-bond donors (Lipinski definition) is 1. The van der Waals surface area contributed by atoms with Crippen LogP contribution in [0.25, 0.3) is 0 Å². The van der Waals surface area contributed by atoms with Crippen LogP contribution < -0.4 is 5.32 Å². The minimum Gasteiger partial charge on any atom is -0.379 e. The molecule has 1 fully saturated rings. The predicted molar refractivity (Wildman–Crippen MR) is 77.1 cm³/mol. The highest BCUT2D eigenvalue weighted by Crippen LogP contribution is 2.32. The van der Waals surface area contributed by atoms with Crippen LogP contribution in [0.4, 0.5) is 5.69 Å². The van der Waals surface area contributed by atoms with Gasteiger partial charge in [-0.05, 0) is 53.9 Å². The van der Waals surface area contributed by atoms with Crippen LogP contribution in [0, 0.1) is 6.92 Å². The molecule has 2 rings (SSSR count). The third kappa shape index (κ3) is 2.87. The van der Waals surface area contributed by atoms with E-state index in [-0.39, 0.29) is 12.2 Å². The van der Waals surface area contributed by atoms with Crippen LogP contribution in [0.3, 0.4) is 0 Å². The Morgan fingerprint density at radius 3 is 2.89 bits per heavy atom. The van der Waals surface area contributed by atoms with Gasteiger partial charge in [0, 0.05) is 23.9 Å². The number of hydrogen-bond acceptors (Lipinski definition) is 3. The first-order valence-electron chi connectivity index (χ1n) is 6.32. The molecule has 4 heteroatoms. The zero-order valence-electron chi connectivity index (χ0n) is 11.1. The lowest BCUT2D eigenvalue weighted by Gasteiger charge is -2.43. The Morgan fingerprint density at radius 2 is 2.22 bits per heavy atom. The van der Waals surface area contributed by atoms with Gasteiger partial charge in [0.15, 0.2) is 0 Å². The molecule has 1 aliphatic carbocycles. The van der Waals surface area contributed by atoms with E-state index in [0.29, 0.717) is 6.04 Å². The van der Waals surface area contributed by atoms with E-state index in [4.69, 9.17) is 9.47 Å². The highest BCUT2D eigenvalue weighted by Gasteiger charge is 2.42. The summed E-state index contributed by atoms with van der Waals surface area (Å²) in [7, 11) is 1.75. The number of benzene rings is 1. The average Bonchev–Trinajstić information content (AvgIpc) is 2.32. The number of aryl methyl sites for hydroxylation is 1. The van der Waals surface area contributed by atoms with Crippen LogP contribution in [0.1, 0.15) is 18.9 Å². The van der Waals surface area contributed by atoms with Crippen molar-refractivity contribution in [1.29, 1.82) is 0 Å². The van der Waals surface area contributed by atoms with Gasteiger partial charge in [-0.25, -0.2) is 0 Å². The monoisotopic (exact) mass is 313 g/mol. The molecule has 1 aromatic carbocycles. The van der Waals surface area contributed by atoms with Gasteiger partial charge in [-0.2, -0.15) is 0 Å². The van der Waals surface area contributed by atoms with Crippen molar-refractivity contribution >= 4 is 21.6 Å². The Morgan fingerprint density at radius 1 is 1.44 bits per heavy atom. The molecule has 3 unspecified atom stereocenters. The largest absolute Gasteiger partial charge is 0.379 e. The maximum absolute atomic E-state index is 5.63. The van der Waals surface area contributed by atoms with E-state index in [1.165, 1.54) is 5.56 Å². The van der Waals surface area contributed by atoms with Gasteiger partial charge in [-0.1, -0.05) is 6.07 Å². The van der Waals surface area contributed by atoms with Crippen LogP contribution in [0.2, 0.25) is 0 Å². The van der Waals surface area contributed by atoms with Crippen LogP contribution >= 0.6 is 15.9 Å². The van der Waals surface area contributed by atoms with Gasteiger partial charge in [-0.15, -0.1) is 0 Å². The van der Waals surface area contributed by atoms with Crippen molar-refractivity contribution in [1.82, 2.24) is 0 Å². The van der Waals surface area contributed by atoms with Crippen molar-refractivity contribution in [2.75, 3.05) is 19.0 Å². The number of halogens is 1. The molecule has 0 bridgehead atoms. The number of rotatable bonds is 5. The van der Waals surface area contributed by atoms with Crippen molar-refractivity contribution < 1.29 is 9.47 Å². The second-order valence-corrected chi connectivity index (χ2v) is 5.52. The standard InChI is InChI=1S/C14H20BrNO2/c1-4-18-13-8-12(14(13)17-3)16-11-7-9(2)5-6-10(11)15/h5-7,12-14,16H,4,8H2,1-3H3. The molecule has 3 atom stereocenters. The SMILES string of the molecule is CCOC1CC(Nc2cc(C)ccc2Br)C1OC. The molecule has 0 saturated heterocycles. The van der Waals surface area contributed by atoms with Gasteiger partial charge < -0.3 is 14.8 Å². The molecule has 0 amide bonds. The summed E-state index contributed by atoms with van der Waals surface area (Å²) in [6.07, 6.45) is 1.35. The molecule has 3 nitrogen and oxygen atoms in total. The van der Waals surface area contributed by atoms with E-state index < -0.39 is 0 Å². The molecule has 18 heavy (non-hydrogen) atoms. The van der Waals surface area contributed by atoms with E-state index in [1.807, 2.05) is 6.92 Å². The molecule has 0 radical (unpaired) electrons. The number of ether oxygens (including phenoxy) is 2. The minimum atomic E-state index is 0.136. The highest BCUT2D eigenvalue weighted by molar-refractivity contribution is 9.10. The summed E-state index contributed by atoms with van der Waals surface area (Å²) in [6, 6.07) is 6.63. The lowest BCUT2D eigenvalue weighted by molar-refractivity contribution is -0.118. The van der Waals surface area contributed by atoms with Crippen molar-refractivity contribution in [2.24, 2.45) is 0 Å². The van der Waals surface area contributed by atoms with Crippen molar-refractivity contribution in [3.8, 4) is 0 Å². The zero-order chi connectivity index (χ0) is 13.1. The Kier molecular flexibility index (Phi) is 4.65. The quantitative estimate of drug-likeness (QED) is 0.904. The molecule has 0 spiro atoms. The summed E-state index contributed by atoms with van der Waals surface area (Å²) in [5.41, 5.74) is 2.37. The summed E-state index contributed by atoms with van der Waals surface area (Å²) in [4.78, 5) is 0. The molecule has 0 aromatic heterocycles.